The molecular weight excluding hydrogens is 468 g/mol. The standard InChI is InChI=1S/C28H28N6OS/c1-19-7-5-8-21(17-19)31-25(35)13-16-33-27(26(32-28(33)36)23-10-3-4-15-30-23)24-12-11-20(2)34(24)22-9-6-14-29-18-22/h3-12,14-15,17-18,26-27H,13,16H2,1-2H3,(H,31,35)(H,32,36)/t26-,27-/m0/s1. The smallest absolute Gasteiger partial charge is 0.226 e. The molecule has 2 N–H and O–H groups in total. The van der Waals surface area contributed by atoms with E-state index in [1.54, 1.807) is 12.4 Å². The number of carbonyl (C=O) groups excluding carboxylic acids is 1. The SMILES string of the molecule is Cc1cccc(NC(=O)CCN2C(=S)N[C@@H](c3ccccn3)[C@@H]2c2ccc(C)n2-c2cccnc2)c1. The Hall–Kier alpha value is -4.04. The molecule has 2 atom stereocenters. The Balaban J connectivity index is 1.46. The normalized spacial score (nSPS) is 17.2. The molecule has 1 fully saturated rings. The molecule has 0 unspecified atom stereocenters. The zero-order valence-electron chi connectivity index (χ0n) is 20.3. The summed E-state index contributed by atoms with van der Waals surface area (Å²) in [6.45, 7) is 4.55. The van der Waals surface area contributed by atoms with Crippen LogP contribution in [0.4, 0.5) is 5.69 Å². The maximum atomic E-state index is 12.8. The second-order valence-electron chi connectivity index (χ2n) is 8.93. The van der Waals surface area contributed by atoms with Crippen molar-refractivity contribution >= 4 is 28.9 Å². The molecule has 8 heteroatoms. The number of amides is 1. The first-order valence-corrected chi connectivity index (χ1v) is 12.4. The van der Waals surface area contributed by atoms with Crippen LogP contribution in [0.5, 0.6) is 0 Å². The number of anilines is 1. The van der Waals surface area contributed by atoms with Gasteiger partial charge < -0.3 is 20.1 Å². The van der Waals surface area contributed by atoms with Gasteiger partial charge in [-0.3, -0.25) is 14.8 Å². The predicted molar refractivity (Wildman–Crippen MR) is 145 cm³/mol. The topological polar surface area (TPSA) is 75.1 Å². The lowest BCUT2D eigenvalue weighted by molar-refractivity contribution is -0.116. The van der Waals surface area contributed by atoms with Gasteiger partial charge in [0.15, 0.2) is 5.11 Å². The maximum absolute atomic E-state index is 12.8. The van der Waals surface area contributed by atoms with E-state index in [4.69, 9.17) is 12.2 Å². The van der Waals surface area contributed by atoms with Gasteiger partial charge in [-0.25, -0.2) is 0 Å². The highest BCUT2D eigenvalue weighted by Crippen LogP contribution is 2.40. The van der Waals surface area contributed by atoms with Crippen molar-refractivity contribution in [2.45, 2.75) is 32.4 Å². The number of nitrogens with zero attached hydrogens (tertiary/aromatic N) is 4. The van der Waals surface area contributed by atoms with Crippen LogP contribution in [0.1, 0.15) is 41.1 Å². The molecule has 0 spiro atoms. The van der Waals surface area contributed by atoms with Crippen molar-refractivity contribution < 1.29 is 4.79 Å². The Morgan fingerprint density at radius 1 is 1.06 bits per heavy atom. The van der Waals surface area contributed by atoms with Gasteiger partial charge in [0.05, 0.1) is 29.7 Å². The van der Waals surface area contributed by atoms with Gasteiger partial charge in [-0.05, 0) is 80.2 Å². The van der Waals surface area contributed by atoms with Crippen LogP contribution in [0, 0.1) is 13.8 Å². The van der Waals surface area contributed by atoms with Crippen LogP contribution in [-0.2, 0) is 4.79 Å². The van der Waals surface area contributed by atoms with Crippen LogP contribution in [0.15, 0.2) is 85.3 Å². The Morgan fingerprint density at radius 2 is 1.94 bits per heavy atom. The first-order chi connectivity index (χ1) is 17.5. The second kappa shape index (κ2) is 10.3. The molecule has 182 valence electrons. The van der Waals surface area contributed by atoms with E-state index in [0.717, 1.165) is 34.0 Å². The third-order valence-corrected chi connectivity index (χ3v) is 6.75. The fourth-order valence-corrected chi connectivity index (χ4v) is 5.10. The van der Waals surface area contributed by atoms with Crippen LogP contribution in [-0.4, -0.2) is 37.0 Å². The molecular formula is C28H28N6OS. The van der Waals surface area contributed by atoms with Gasteiger partial charge in [-0.2, -0.15) is 0 Å². The molecule has 0 radical (unpaired) electrons. The molecule has 0 aliphatic carbocycles. The Labute approximate surface area is 216 Å². The number of aryl methyl sites for hydroxylation is 2. The number of rotatable bonds is 7. The van der Waals surface area contributed by atoms with Gasteiger partial charge >= 0.3 is 0 Å². The Morgan fingerprint density at radius 3 is 2.69 bits per heavy atom. The highest BCUT2D eigenvalue weighted by molar-refractivity contribution is 7.80. The number of nitrogens with one attached hydrogen (secondary N) is 2. The summed E-state index contributed by atoms with van der Waals surface area (Å²) in [7, 11) is 0. The molecule has 0 saturated carbocycles. The van der Waals surface area contributed by atoms with E-state index in [0.29, 0.717) is 18.1 Å². The number of hydrogen-bond acceptors (Lipinski definition) is 4. The summed E-state index contributed by atoms with van der Waals surface area (Å²) in [6.07, 6.45) is 5.71. The number of carbonyl (C=O) groups is 1. The van der Waals surface area contributed by atoms with E-state index in [2.05, 4.69) is 49.1 Å². The third-order valence-electron chi connectivity index (χ3n) is 6.39. The zero-order chi connectivity index (χ0) is 25.1. The van der Waals surface area contributed by atoms with Crippen LogP contribution in [0.3, 0.4) is 0 Å². The monoisotopic (exact) mass is 496 g/mol. The number of benzene rings is 1. The van der Waals surface area contributed by atoms with Gasteiger partial charge in [0.2, 0.25) is 5.91 Å². The molecule has 1 aliphatic rings. The second-order valence-corrected chi connectivity index (χ2v) is 9.32. The fourth-order valence-electron chi connectivity index (χ4n) is 4.76. The van der Waals surface area contributed by atoms with Crippen LogP contribution in [0.25, 0.3) is 5.69 Å². The number of pyridine rings is 2. The summed E-state index contributed by atoms with van der Waals surface area (Å²) in [4.78, 5) is 23.9. The molecule has 5 rings (SSSR count). The van der Waals surface area contributed by atoms with E-state index in [-0.39, 0.29) is 18.0 Å². The summed E-state index contributed by atoms with van der Waals surface area (Å²) in [5.41, 5.74) is 5.92. The fraction of sp³-hybridized carbons (Fsp3) is 0.214. The minimum atomic E-state index is -0.164. The van der Waals surface area contributed by atoms with Crippen molar-refractivity contribution in [3.63, 3.8) is 0 Å². The van der Waals surface area contributed by atoms with Crippen molar-refractivity contribution in [2.75, 3.05) is 11.9 Å². The highest BCUT2D eigenvalue weighted by Gasteiger charge is 2.41. The van der Waals surface area contributed by atoms with E-state index < -0.39 is 0 Å². The molecule has 1 aliphatic heterocycles. The van der Waals surface area contributed by atoms with Crippen LogP contribution >= 0.6 is 12.2 Å². The molecule has 4 aromatic rings. The first-order valence-electron chi connectivity index (χ1n) is 11.9. The minimum absolute atomic E-state index is 0.0535. The third kappa shape index (κ3) is 4.85. The van der Waals surface area contributed by atoms with Crippen LogP contribution in [0.2, 0.25) is 0 Å². The molecule has 0 bridgehead atoms. The van der Waals surface area contributed by atoms with Crippen LogP contribution < -0.4 is 10.6 Å². The lowest BCUT2D eigenvalue weighted by Gasteiger charge is -2.29. The average Bonchev–Trinajstić information content (AvgIpc) is 3.42. The van der Waals surface area contributed by atoms with Crippen molar-refractivity contribution in [2.24, 2.45) is 0 Å². The average molecular weight is 497 g/mol. The quantitative estimate of drug-likeness (QED) is 0.355. The zero-order valence-corrected chi connectivity index (χ0v) is 21.1. The predicted octanol–water partition coefficient (Wildman–Crippen LogP) is 4.89. The van der Waals surface area contributed by atoms with Crippen molar-refractivity contribution in [3.05, 3.63) is 108 Å². The highest BCUT2D eigenvalue weighted by atomic mass is 32.1. The van der Waals surface area contributed by atoms with E-state index >= 15 is 0 Å². The lowest BCUT2D eigenvalue weighted by Crippen LogP contribution is -2.33. The number of thiocarbonyl (C=S) groups is 1. The molecule has 1 aromatic carbocycles. The molecule has 36 heavy (non-hydrogen) atoms. The molecule has 7 nitrogen and oxygen atoms in total. The van der Waals surface area contributed by atoms with E-state index in [9.17, 15) is 4.79 Å². The summed E-state index contributed by atoms with van der Waals surface area (Å²) in [5, 5.41) is 7.08. The first kappa shape index (κ1) is 23.7. The number of hydrogen-bond donors (Lipinski definition) is 2. The van der Waals surface area contributed by atoms with Gasteiger partial charge in [-0.1, -0.05) is 18.2 Å². The molecule has 1 saturated heterocycles. The Bertz CT molecular complexity index is 1370. The van der Waals surface area contributed by atoms with Crippen molar-refractivity contribution in [3.8, 4) is 5.69 Å². The minimum Gasteiger partial charge on any atom is -0.352 e. The largest absolute Gasteiger partial charge is 0.352 e. The summed E-state index contributed by atoms with van der Waals surface area (Å²) < 4.78 is 2.20. The summed E-state index contributed by atoms with van der Waals surface area (Å²) in [6, 6.07) is 21.6. The van der Waals surface area contributed by atoms with Crippen molar-refractivity contribution in [1.82, 2.24) is 24.8 Å². The van der Waals surface area contributed by atoms with E-state index in [1.807, 2.05) is 67.7 Å². The van der Waals surface area contributed by atoms with Gasteiger partial charge in [0, 0.05) is 42.4 Å². The molecule has 4 heterocycles. The van der Waals surface area contributed by atoms with Crippen molar-refractivity contribution in [1.29, 1.82) is 0 Å². The number of aromatic nitrogens is 3. The van der Waals surface area contributed by atoms with Gasteiger partial charge in [0.1, 0.15) is 0 Å². The molecule has 1 amide bonds. The van der Waals surface area contributed by atoms with E-state index in [1.165, 1.54) is 0 Å². The molecule has 3 aromatic heterocycles. The lowest BCUT2D eigenvalue weighted by atomic mass is 10.0. The van der Waals surface area contributed by atoms with Gasteiger partial charge in [0.25, 0.3) is 0 Å². The Kier molecular flexibility index (Phi) is 6.77. The summed E-state index contributed by atoms with van der Waals surface area (Å²) in [5.74, 6) is -0.0535. The summed E-state index contributed by atoms with van der Waals surface area (Å²) >= 11 is 5.79. The van der Waals surface area contributed by atoms with Gasteiger partial charge in [-0.15, -0.1) is 0 Å². The maximum Gasteiger partial charge on any atom is 0.226 e.